The van der Waals surface area contributed by atoms with Gasteiger partial charge >= 0.3 is 6.03 Å². The highest BCUT2D eigenvalue weighted by molar-refractivity contribution is 5.93. The largest absolute Gasteiger partial charge is 0.326 e. The molecular weight excluding hydrogens is 342 g/mol. The zero-order chi connectivity index (χ0) is 19.2. The summed E-state index contributed by atoms with van der Waals surface area (Å²) in [7, 11) is 0. The Bertz CT molecular complexity index is 770. The van der Waals surface area contributed by atoms with E-state index >= 15 is 0 Å². The third-order valence-corrected chi connectivity index (χ3v) is 5.04. The van der Waals surface area contributed by atoms with Gasteiger partial charge in [-0.05, 0) is 44.9 Å². The van der Waals surface area contributed by atoms with Crippen LogP contribution in [0.25, 0.3) is 11.3 Å². The first-order valence-electron chi connectivity index (χ1n) is 9.56. The number of anilines is 1. The van der Waals surface area contributed by atoms with Crippen LogP contribution in [0.3, 0.4) is 0 Å². The van der Waals surface area contributed by atoms with E-state index in [-0.39, 0.29) is 17.9 Å². The van der Waals surface area contributed by atoms with Crippen molar-refractivity contribution in [2.45, 2.75) is 26.7 Å². The number of urea groups is 1. The van der Waals surface area contributed by atoms with Gasteiger partial charge < -0.3 is 15.1 Å². The third-order valence-electron chi connectivity index (χ3n) is 5.04. The Morgan fingerprint density at radius 3 is 2.81 bits per heavy atom. The molecular formula is C20H27N5O2. The van der Waals surface area contributed by atoms with Gasteiger partial charge in [-0.2, -0.15) is 5.10 Å². The van der Waals surface area contributed by atoms with E-state index in [9.17, 15) is 9.59 Å². The summed E-state index contributed by atoms with van der Waals surface area (Å²) in [5.74, 6) is -0.220. The van der Waals surface area contributed by atoms with E-state index in [1.165, 1.54) is 0 Å². The number of nitrogens with one attached hydrogen (secondary N) is 2. The summed E-state index contributed by atoms with van der Waals surface area (Å²) in [6.45, 7) is 6.51. The molecule has 1 aromatic heterocycles. The van der Waals surface area contributed by atoms with Crippen molar-refractivity contribution >= 4 is 17.6 Å². The van der Waals surface area contributed by atoms with Crippen LogP contribution >= 0.6 is 0 Å². The predicted octanol–water partition coefficient (Wildman–Crippen LogP) is 3.19. The van der Waals surface area contributed by atoms with E-state index in [2.05, 4.69) is 15.5 Å². The molecule has 0 radical (unpaired) electrons. The quantitative estimate of drug-likeness (QED) is 0.849. The second-order valence-electron chi connectivity index (χ2n) is 6.78. The van der Waals surface area contributed by atoms with Gasteiger partial charge in [0.25, 0.3) is 0 Å². The maximum atomic E-state index is 12.8. The van der Waals surface area contributed by atoms with E-state index < -0.39 is 0 Å². The van der Waals surface area contributed by atoms with Gasteiger partial charge in [-0.3, -0.25) is 9.89 Å². The zero-order valence-corrected chi connectivity index (χ0v) is 15.9. The second-order valence-corrected chi connectivity index (χ2v) is 6.78. The first-order chi connectivity index (χ1) is 13.1. The molecule has 1 atom stereocenters. The SMILES string of the molecule is CCN(CC)C(=O)N1CCCC(C(=O)Nc2cccc(-c3ccn[nH]3)c2)C1. The molecule has 144 valence electrons. The molecule has 0 spiro atoms. The minimum absolute atomic E-state index is 0.0266. The molecule has 27 heavy (non-hydrogen) atoms. The van der Waals surface area contributed by atoms with Crippen LogP contribution in [0.15, 0.2) is 36.5 Å². The summed E-state index contributed by atoms with van der Waals surface area (Å²) >= 11 is 0. The van der Waals surface area contributed by atoms with Crippen molar-refractivity contribution in [2.75, 3.05) is 31.5 Å². The average Bonchev–Trinajstić information content (AvgIpc) is 3.24. The zero-order valence-electron chi connectivity index (χ0n) is 15.9. The lowest BCUT2D eigenvalue weighted by Crippen LogP contribution is -2.49. The molecule has 7 heteroatoms. The number of carbonyl (C=O) groups is 2. The monoisotopic (exact) mass is 369 g/mol. The highest BCUT2D eigenvalue weighted by atomic mass is 16.2. The number of carbonyl (C=O) groups excluding carboxylic acids is 2. The van der Waals surface area contributed by atoms with Gasteiger partial charge in [0.15, 0.2) is 0 Å². The van der Waals surface area contributed by atoms with Crippen LogP contribution in [0, 0.1) is 5.92 Å². The minimum Gasteiger partial charge on any atom is -0.326 e. The molecule has 1 saturated heterocycles. The molecule has 3 rings (SSSR count). The number of hydrogen-bond acceptors (Lipinski definition) is 3. The van der Waals surface area contributed by atoms with Gasteiger partial charge in [0.2, 0.25) is 5.91 Å². The fourth-order valence-corrected chi connectivity index (χ4v) is 3.48. The summed E-state index contributed by atoms with van der Waals surface area (Å²) < 4.78 is 0. The maximum Gasteiger partial charge on any atom is 0.320 e. The highest BCUT2D eigenvalue weighted by Crippen LogP contribution is 2.23. The van der Waals surface area contributed by atoms with E-state index in [4.69, 9.17) is 0 Å². The van der Waals surface area contributed by atoms with Crippen molar-refractivity contribution < 1.29 is 9.59 Å². The number of H-pyrrole nitrogens is 1. The molecule has 0 bridgehead atoms. The summed E-state index contributed by atoms with van der Waals surface area (Å²) in [5.41, 5.74) is 2.62. The summed E-state index contributed by atoms with van der Waals surface area (Å²) in [4.78, 5) is 28.9. The van der Waals surface area contributed by atoms with E-state index in [1.54, 1.807) is 11.1 Å². The molecule has 3 amide bonds. The standard InChI is InChI=1S/C20H27N5O2/c1-3-24(4-2)20(27)25-12-6-8-16(14-25)19(26)22-17-9-5-7-15(13-17)18-10-11-21-23-18/h5,7,9-11,13,16H,3-4,6,8,12,14H2,1-2H3,(H,21,23)(H,22,26). The number of hydrogen-bond donors (Lipinski definition) is 2. The van der Waals surface area contributed by atoms with Crippen LogP contribution in [-0.4, -0.2) is 58.1 Å². The smallest absolute Gasteiger partial charge is 0.320 e. The Hall–Kier alpha value is -2.83. The summed E-state index contributed by atoms with van der Waals surface area (Å²) in [6, 6.07) is 9.58. The molecule has 7 nitrogen and oxygen atoms in total. The normalized spacial score (nSPS) is 16.8. The molecule has 2 heterocycles. The molecule has 1 aliphatic heterocycles. The van der Waals surface area contributed by atoms with Crippen molar-refractivity contribution in [1.82, 2.24) is 20.0 Å². The number of piperidine rings is 1. The summed E-state index contributed by atoms with van der Waals surface area (Å²) in [5, 5.41) is 9.89. The summed E-state index contributed by atoms with van der Waals surface area (Å²) in [6.07, 6.45) is 3.34. The first-order valence-corrected chi connectivity index (χ1v) is 9.56. The van der Waals surface area contributed by atoms with E-state index in [0.29, 0.717) is 26.2 Å². The van der Waals surface area contributed by atoms with Crippen LogP contribution < -0.4 is 5.32 Å². The first kappa shape index (κ1) is 18.9. The Balaban J connectivity index is 1.64. The lowest BCUT2D eigenvalue weighted by molar-refractivity contribution is -0.121. The van der Waals surface area contributed by atoms with Crippen molar-refractivity contribution in [3.63, 3.8) is 0 Å². The van der Waals surface area contributed by atoms with Crippen LogP contribution in [0.4, 0.5) is 10.5 Å². The van der Waals surface area contributed by atoms with Crippen molar-refractivity contribution in [3.8, 4) is 11.3 Å². The Labute approximate surface area is 159 Å². The Morgan fingerprint density at radius 2 is 2.11 bits per heavy atom. The fraction of sp³-hybridized carbons (Fsp3) is 0.450. The van der Waals surface area contributed by atoms with Crippen LogP contribution in [-0.2, 0) is 4.79 Å². The van der Waals surface area contributed by atoms with Gasteiger partial charge in [-0.15, -0.1) is 0 Å². The van der Waals surface area contributed by atoms with Gasteiger partial charge in [0, 0.05) is 43.6 Å². The molecule has 2 aromatic rings. The lowest BCUT2D eigenvalue weighted by Gasteiger charge is -2.35. The van der Waals surface area contributed by atoms with Crippen LogP contribution in [0.2, 0.25) is 0 Å². The Kier molecular flexibility index (Phi) is 6.11. The van der Waals surface area contributed by atoms with Gasteiger partial charge in [0.1, 0.15) is 0 Å². The van der Waals surface area contributed by atoms with E-state index in [0.717, 1.165) is 29.8 Å². The molecule has 1 unspecified atom stereocenters. The molecule has 1 aliphatic rings. The van der Waals surface area contributed by atoms with E-state index in [1.807, 2.05) is 49.1 Å². The van der Waals surface area contributed by atoms with Crippen molar-refractivity contribution in [2.24, 2.45) is 5.92 Å². The number of nitrogens with zero attached hydrogens (tertiary/aromatic N) is 3. The van der Waals surface area contributed by atoms with Crippen LogP contribution in [0.1, 0.15) is 26.7 Å². The second kappa shape index (κ2) is 8.70. The topological polar surface area (TPSA) is 81.3 Å². The number of aromatic amines is 1. The Morgan fingerprint density at radius 1 is 1.30 bits per heavy atom. The van der Waals surface area contributed by atoms with Gasteiger partial charge in [-0.1, -0.05) is 12.1 Å². The van der Waals surface area contributed by atoms with Crippen LogP contribution in [0.5, 0.6) is 0 Å². The predicted molar refractivity (Wildman–Crippen MR) is 105 cm³/mol. The molecule has 2 N–H and O–H groups in total. The number of amides is 3. The minimum atomic E-state index is -0.186. The average molecular weight is 369 g/mol. The highest BCUT2D eigenvalue weighted by Gasteiger charge is 2.30. The number of rotatable bonds is 5. The molecule has 1 fully saturated rings. The number of aromatic nitrogens is 2. The molecule has 0 saturated carbocycles. The van der Waals surface area contributed by atoms with Gasteiger partial charge in [0.05, 0.1) is 11.6 Å². The van der Waals surface area contributed by atoms with Gasteiger partial charge in [-0.25, -0.2) is 4.79 Å². The molecule has 0 aliphatic carbocycles. The maximum absolute atomic E-state index is 12.8. The fourth-order valence-electron chi connectivity index (χ4n) is 3.48. The number of likely N-dealkylation sites (tertiary alicyclic amines) is 1. The van der Waals surface area contributed by atoms with Crippen molar-refractivity contribution in [1.29, 1.82) is 0 Å². The third kappa shape index (κ3) is 4.48. The number of benzene rings is 1. The van der Waals surface area contributed by atoms with Crippen molar-refractivity contribution in [3.05, 3.63) is 36.5 Å². The molecule has 1 aromatic carbocycles. The lowest BCUT2D eigenvalue weighted by atomic mass is 9.97.